The average molecular weight is 330 g/mol. The van der Waals surface area contributed by atoms with Crippen LogP contribution in [0.15, 0.2) is 4.47 Å². The van der Waals surface area contributed by atoms with E-state index < -0.39 is 0 Å². The molecule has 1 aliphatic heterocycles. The van der Waals surface area contributed by atoms with Crippen molar-refractivity contribution in [1.82, 2.24) is 9.78 Å². The highest BCUT2D eigenvalue weighted by atomic mass is 79.9. The lowest BCUT2D eigenvalue weighted by molar-refractivity contribution is 0.118. The molecule has 1 saturated heterocycles. The third kappa shape index (κ3) is 3.20. The van der Waals surface area contributed by atoms with Crippen molar-refractivity contribution < 1.29 is 4.74 Å². The maximum absolute atomic E-state index is 6.37. The monoisotopic (exact) mass is 329 g/mol. The molecule has 1 aliphatic rings. The van der Waals surface area contributed by atoms with Gasteiger partial charge in [-0.3, -0.25) is 4.68 Å². The summed E-state index contributed by atoms with van der Waals surface area (Å²) in [5.74, 6) is 0.465. The maximum atomic E-state index is 6.37. The molecule has 5 heteroatoms. The van der Waals surface area contributed by atoms with Crippen molar-refractivity contribution >= 4 is 15.9 Å². The fourth-order valence-corrected chi connectivity index (χ4v) is 3.48. The summed E-state index contributed by atoms with van der Waals surface area (Å²) in [6.45, 7) is 8.05. The summed E-state index contributed by atoms with van der Waals surface area (Å²) >= 11 is 3.68. The van der Waals surface area contributed by atoms with Gasteiger partial charge in [-0.1, -0.05) is 6.92 Å². The van der Waals surface area contributed by atoms with Crippen LogP contribution in [0.2, 0.25) is 0 Å². The second kappa shape index (κ2) is 6.37. The van der Waals surface area contributed by atoms with Crippen molar-refractivity contribution in [2.75, 3.05) is 6.61 Å². The van der Waals surface area contributed by atoms with Gasteiger partial charge in [0.15, 0.2) is 0 Å². The van der Waals surface area contributed by atoms with E-state index in [0.29, 0.717) is 12.0 Å². The molecule has 1 fully saturated rings. The highest BCUT2D eigenvalue weighted by molar-refractivity contribution is 9.10. The van der Waals surface area contributed by atoms with Gasteiger partial charge in [0.1, 0.15) is 0 Å². The molecule has 0 radical (unpaired) electrons. The molecule has 3 unspecified atom stereocenters. The van der Waals surface area contributed by atoms with Crippen molar-refractivity contribution in [3.8, 4) is 0 Å². The van der Waals surface area contributed by atoms with Gasteiger partial charge in [0.05, 0.1) is 28.6 Å². The summed E-state index contributed by atoms with van der Waals surface area (Å²) < 4.78 is 8.83. The predicted molar refractivity (Wildman–Crippen MR) is 80.2 cm³/mol. The molecule has 0 bridgehead atoms. The van der Waals surface area contributed by atoms with Crippen LogP contribution >= 0.6 is 15.9 Å². The van der Waals surface area contributed by atoms with Gasteiger partial charge in [0.25, 0.3) is 0 Å². The zero-order chi connectivity index (χ0) is 14.0. The van der Waals surface area contributed by atoms with Gasteiger partial charge in [-0.15, -0.1) is 0 Å². The lowest BCUT2D eigenvalue weighted by atomic mass is 9.94. The molecule has 0 amide bonds. The number of halogens is 1. The van der Waals surface area contributed by atoms with Crippen LogP contribution in [-0.2, 0) is 24.1 Å². The highest BCUT2D eigenvalue weighted by Crippen LogP contribution is 2.27. The van der Waals surface area contributed by atoms with Crippen LogP contribution in [0.25, 0.3) is 0 Å². The molecule has 4 nitrogen and oxygen atoms in total. The first-order valence-corrected chi connectivity index (χ1v) is 7.97. The van der Waals surface area contributed by atoms with Crippen molar-refractivity contribution in [2.45, 2.75) is 58.7 Å². The normalized spacial score (nSPS) is 24.9. The summed E-state index contributed by atoms with van der Waals surface area (Å²) in [7, 11) is 0. The molecule has 2 heterocycles. The zero-order valence-electron chi connectivity index (χ0n) is 12.0. The number of aromatic nitrogens is 2. The van der Waals surface area contributed by atoms with Crippen LogP contribution in [0.4, 0.5) is 0 Å². The van der Waals surface area contributed by atoms with Crippen LogP contribution in [0.3, 0.4) is 0 Å². The number of rotatable bonds is 5. The summed E-state index contributed by atoms with van der Waals surface area (Å²) in [5, 5.41) is 4.62. The fourth-order valence-electron chi connectivity index (χ4n) is 2.75. The summed E-state index contributed by atoms with van der Waals surface area (Å²) in [4.78, 5) is 0. The predicted octanol–water partition coefficient (Wildman–Crippen LogP) is 2.52. The van der Waals surface area contributed by atoms with Crippen molar-refractivity contribution in [2.24, 2.45) is 11.7 Å². The van der Waals surface area contributed by atoms with Crippen LogP contribution in [0, 0.1) is 5.92 Å². The second-order valence-corrected chi connectivity index (χ2v) is 6.18. The Bertz CT molecular complexity index is 433. The molecule has 0 aromatic carbocycles. The number of nitrogens with zero attached hydrogens (tertiary/aromatic N) is 2. The van der Waals surface area contributed by atoms with E-state index in [1.54, 1.807) is 0 Å². The van der Waals surface area contributed by atoms with Gasteiger partial charge >= 0.3 is 0 Å². The minimum Gasteiger partial charge on any atom is -0.378 e. The highest BCUT2D eigenvalue weighted by Gasteiger charge is 2.29. The molecule has 1 aromatic heterocycles. The van der Waals surface area contributed by atoms with E-state index in [2.05, 4.69) is 46.5 Å². The number of hydrogen-bond acceptors (Lipinski definition) is 3. The Balaban J connectivity index is 2.11. The largest absolute Gasteiger partial charge is 0.378 e. The molecular formula is C14H24BrN3O. The van der Waals surface area contributed by atoms with Gasteiger partial charge in [-0.25, -0.2) is 0 Å². The minimum absolute atomic E-state index is 0.146. The summed E-state index contributed by atoms with van der Waals surface area (Å²) in [6.07, 6.45) is 3.23. The smallest absolute Gasteiger partial charge is 0.0766 e. The quantitative estimate of drug-likeness (QED) is 0.903. The van der Waals surface area contributed by atoms with Gasteiger partial charge in [-0.05, 0) is 42.6 Å². The molecule has 2 N–H and O–H groups in total. The maximum Gasteiger partial charge on any atom is 0.0766 e. The third-order valence-corrected chi connectivity index (χ3v) is 4.87. The summed E-state index contributed by atoms with van der Waals surface area (Å²) in [6, 6.07) is 0.146. The van der Waals surface area contributed by atoms with Gasteiger partial charge in [0.2, 0.25) is 0 Å². The fraction of sp³-hybridized carbons (Fsp3) is 0.786. The van der Waals surface area contributed by atoms with Gasteiger partial charge < -0.3 is 10.5 Å². The topological polar surface area (TPSA) is 53.1 Å². The lowest BCUT2D eigenvalue weighted by Gasteiger charge is -2.18. The molecular weight excluding hydrogens is 306 g/mol. The Morgan fingerprint density at radius 2 is 2.26 bits per heavy atom. The Morgan fingerprint density at radius 3 is 2.79 bits per heavy atom. The van der Waals surface area contributed by atoms with E-state index in [1.807, 2.05) is 0 Å². The number of aryl methyl sites for hydroxylation is 2. The van der Waals surface area contributed by atoms with Crippen molar-refractivity contribution in [1.29, 1.82) is 0 Å². The first-order valence-electron chi connectivity index (χ1n) is 7.18. The molecule has 19 heavy (non-hydrogen) atoms. The first-order chi connectivity index (χ1) is 9.06. The van der Waals surface area contributed by atoms with E-state index in [1.165, 1.54) is 5.69 Å². The molecule has 0 aliphatic carbocycles. The van der Waals surface area contributed by atoms with Crippen molar-refractivity contribution in [3.63, 3.8) is 0 Å². The molecule has 108 valence electrons. The second-order valence-electron chi connectivity index (χ2n) is 5.38. The molecule has 0 spiro atoms. The molecule has 1 aromatic rings. The van der Waals surface area contributed by atoms with Crippen LogP contribution < -0.4 is 5.73 Å². The Kier molecular flexibility index (Phi) is 5.03. The Hall–Kier alpha value is -0.390. The molecule has 2 rings (SSSR count). The number of nitrogens with two attached hydrogens (primary N) is 1. The number of hydrogen-bond donors (Lipinski definition) is 1. The van der Waals surface area contributed by atoms with E-state index in [9.17, 15) is 0 Å². The number of ether oxygens (including phenoxy) is 1. The SMILES string of the molecule is CCc1nn(CC)c(CC(N)C2COC(C)C2)c1Br. The first kappa shape index (κ1) is 15.0. The summed E-state index contributed by atoms with van der Waals surface area (Å²) in [5.41, 5.74) is 8.73. The Morgan fingerprint density at radius 1 is 1.53 bits per heavy atom. The van der Waals surface area contributed by atoms with Crippen molar-refractivity contribution in [3.05, 3.63) is 15.9 Å². The van der Waals surface area contributed by atoms with E-state index >= 15 is 0 Å². The van der Waals surface area contributed by atoms with Gasteiger partial charge in [-0.2, -0.15) is 5.10 Å². The van der Waals surface area contributed by atoms with E-state index in [0.717, 1.165) is 42.6 Å². The van der Waals surface area contributed by atoms with Crippen LogP contribution in [0.1, 0.15) is 38.6 Å². The van der Waals surface area contributed by atoms with E-state index in [4.69, 9.17) is 10.5 Å². The Labute approximate surface area is 123 Å². The lowest BCUT2D eigenvalue weighted by Crippen LogP contribution is -2.33. The molecule has 3 atom stereocenters. The average Bonchev–Trinajstić information content (AvgIpc) is 2.95. The van der Waals surface area contributed by atoms with Gasteiger partial charge in [0, 0.05) is 24.9 Å². The standard InChI is InChI=1S/C14H24BrN3O/c1-4-12-14(15)13(18(5-2)17-12)7-11(16)10-6-9(3)19-8-10/h9-11H,4-8,16H2,1-3H3. The third-order valence-electron chi connectivity index (χ3n) is 3.96. The van der Waals surface area contributed by atoms with Crippen LogP contribution in [-0.4, -0.2) is 28.5 Å². The zero-order valence-corrected chi connectivity index (χ0v) is 13.6. The molecule has 0 saturated carbocycles. The minimum atomic E-state index is 0.146. The van der Waals surface area contributed by atoms with E-state index in [-0.39, 0.29) is 6.04 Å². The van der Waals surface area contributed by atoms with Crippen LogP contribution in [0.5, 0.6) is 0 Å².